The number of carbonyl (C=O) groups is 2. The molecule has 0 heterocycles. The number of rotatable bonds is 8. The van der Waals surface area contributed by atoms with Crippen LogP contribution in [0.15, 0.2) is 12.7 Å². The van der Waals surface area contributed by atoms with Crippen molar-refractivity contribution in [2.75, 3.05) is 19.4 Å². The molecule has 0 aliphatic rings. The van der Waals surface area contributed by atoms with Crippen molar-refractivity contribution in [1.82, 2.24) is 10.0 Å². The molecule has 0 radical (unpaired) electrons. The lowest BCUT2D eigenvalue weighted by molar-refractivity contribution is -0.142. The molecule has 8 nitrogen and oxygen atoms in total. The standard InChI is InChI=1S/C13H24N2O6S/c1-6-7-8-22(18,19)14-9-10(11(16)20-5)15-12(17)21-13(2,3)4/h6,10,14H,1,7-9H2,2-5H3,(H,15,17). The zero-order valence-electron chi connectivity index (χ0n) is 13.3. The molecule has 0 bridgehead atoms. The Bertz CT molecular complexity index is 495. The number of ether oxygens (including phenoxy) is 2. The van der Waals surface area contributed by atoms with Crippen molar-refractivity contribution in [1.29, 1.82) is 0 Å². The fraction of sp³-hybridized carbons (Fsp3) is 0.692. The van der Waals surface area contributed by atoms with Gasteiger partial charge in [-0.25, -0.2) is 22.7 Å². The molecule has 1 amide bonds. The van der Waals surface area contributed by atoms with Gasteiger partial charge in [-0.2, -0.15) is 0 Å². The van der Waals surface area contributed by atoms with E-state index in [4.69, 9.17) is 4.74 Å². The van der Waals surface area contributed by atoms with Crippen molar-refractivity contribution < 1.29 is 27.5 Å². The summed E-state index contributed by atoms with van der Waals surface area (Å²) >= 11 is 0. The van der Waals surface area contributed by atoms with E-state index < -0.39 is 33.7 Å². The molecule has 0 fully saturated rings. The van der Waals surface area contributed by atoms with Crippen LogP contribution in [-0.2, 0) is 24.3 Å². The van der Waals surface area contributed by atoms with Crippen LogP contribution in [0.5, 0.6) is 0 Å². The first-order valence-corrected chi connectivity index (χ1v) is 8.31. The third-order valence-electron chi connectivity index (χ3n) is 2.27. The van der Waals surface area contributed by atoms with Crippen LogP contribution in [0.1, 0.15) is 27.2 Å². The summed E-state index contributed by atoms with van der Waals surface area (Å²) < 4.78 is 35.1. The van der Waals surface area contributed by atoms with Gasteiger partial charge in [-0.15, -0.1) is 6.58 Å². The number of esters is 1. The second kappa shape index (κ2) is 8.74. The minimum atomic E-state index is -3.57. The molecule has 0 rings (SSSR count). The highest BCUT2D eigenvalue weighted by Gasteiger charge is 2.26. The summed E-state index contributed by atoms with van der Waals surface area (Å²) in [6, 6.07) is -1.18. The molecular weight excluding hydrogens is 312 g/mol. The topological polar surface area (TPSA) is 111 Å². The van der Waals surface area contributed by atoms with E-state index in [0.29, 0.717) is 0 Å². The molecular formula is C13H24N2O6S. The lowest BCUT2D eigenvalue weighted by Crippen LogP contribution is -2.50. The number of sulfonamides is 1. The van der Waals surface area contributed by atoms with Gasteiger partial charge in [0.15, 0.2) is 0 Å². The Kier molecular flexibility index (Phi) is 8.10. The molecule has 0 aromatic carbocycles. The van der Waals surface area contributed by atoms with Crippen molar-refractivity contribution in [2.45, 2.75) is 38.8 Å². The van der Waals surface area contributed by atoms with Crippen LogP contribution in [0.2, 0.25) is 0 Å². The van der Waals surface area contributed by atoms with E-state index in [-0.39, 0.29) is 18.7 Å². The zero-order valence-corrected chi connectivity index (χ0v) is 14.2. The monoisotopic (exact) mass is 336 g/mol. The fourth-order valence-electron chi connectivity index (χ4n) is 1.31. The Labute approximate surface area is 131 Å². The molecule has 0 saturated heterocycles. The van der Waals surface area contributed by atoms with Gasteiger partial charge in [-0.3, -0.25) is 0 Å². The Hall–Kier alpha value is -1.61. The number of hydrogen-bond acceptors (Lipinski definition) is 6. The molecule has 0 spiro atoms. The summed E-state index contributed by atoms with van der Waals surface area (Å²) in [6.07, 6.45) is 0.904. The molecule has 1 unspecified atom stereocenters. The van der Waals surface area contributed by atoms with Crippen LogP contribution in [0, 0.1) is 0 Å². The first-order valence-electron chi connectivity index (χ1n) is 6.66. The number of amides is 1. The summed E-state index contributed by atoms with van der Waals surface area (Å²) in [7, 11) is -2.44. The Balaban J connectivity index is 4.70. The zero-order chi connectivity index (χ0) is 17.4. The van der Waals surface area contributed by atoms with Crippen molar-refractivity contribution in [3.05, 3.63) is 12.7 Å². The summed E-state index contributed by atoms with van der Waals surface area (Å²) in [5.41, 5.74) is -0.742. The molecule has 0 saturated carbocycles. The summed E-state index contributed by atoms with van der Waals surface area (Å²) in [5, 5.41) is 2.27. The first-order chi connectivity index (χ1) is 10.0. The molecule has 2 N–H and O–H groups in total. The number of carbonyl (C=O) groups excluding carboxylic acids is 2. The van der Waals surface area contributed by atoms with E-state index in [0.717, 1.165) is 7.11 Å². The van der Waals surface area contributed by atoms with Crippen LogP contribution >= 0.6 is 0 Å². The predicted octanol–water partition coefficient (Wildman–Crippen LogP) is 0.548. The predicted molar refractivity (Wildman–Crippen MR) is 81.8 cm³/mol. The molecule has 0 aromatic rings. The normalized spacial score (nSPS) is 13.1. The van der Waals surface area contributed by atoms with Gasteiger partial charge in [0.2, 0.25) is 10.0 Å². The maximum absolute atomic E-state index is 11.7. The summed E-state index contributed by atoms with van der Waals surface area (Å²) in [6.45, 7) is 8.10. The van der Waals surface area contributed by atoms with E-state index in [1.54, 1.807) is 20.8 Å². The highest BCUT2D eigenvalue weighted by atomic mass is 32.2. The molecule has 22 heavy (non-hydrogen) atoms. The van der Waals surface area contributed by atoms with E-state index in [1.807, 2.05) is 0 Å². The molecule has 0 aliphatic carbocycles. The lowest BCUT2D eigenvalue weighted by atomic mass is 10.2. The average Bonchev–Trinajstić information content (AvgIpc) is 2.38. The van der Waals surface area contributed by atoms with E-state index in [9.17, 15) is 18.0 Å². The van der Waals surface area contributed by atoms with Gasteiger partial charge in [-0.1, -0.05) is 6.08 Å². The van der Waals surface area contributed by atoms with Gasteiger partial charge in [0.1, 0.15) is 11.6 Å². The lowest BCUT2D eigenvalue weighted by Gasteiger charge is -2.22. The van der Waals surface area contributed by atoms with Crippen LogP contribution in [0.4, 0.5) is 4.79 Å². The van der Waals surface area contributed by atoms with Gasteiger partial charge in [0.25, 0.3) is 0 Å². The minimum absolute atomic E-state index is 0.156. The van der Waals surface area contributed by atoms with E-state index in [2.05, 4.69) is 21.4 Å². The van der Waals surface area contributed by atoms with Crippen molar-refractivity contribution in [2.24, 2.45) is 0 Å². The third kappa shape index (κ3) is 9.35. The minimum Gasteiger partial charge on any atom is -0.467 e. The van der Waals surface area contributed by atoms with Gasteiger partial charge >= 0.3 is 12.1 Å². The van der Waals surface area contributed by atoms with Crippen LogP contribution in [0.3, 0.4) is 0 Å². The maximum atomic E-state index is 11.7. The van der Waals surface area contributed by atoms with Gasteiger partial charge in [0, 0.05) is 6.54 Å². The van der Waals surface area contributed by atoms with Crippen molar-refractivity contribution >= 4 is 22.1 Å². The maximum Gasteiger partial charge on any atom is 0.408 e. The van der Waals surface area contributed by atoms with Crippen LogP contribution in [-0.4, -0.2) is 51.5 Å². The molecule has 0 aliphatic heterocycles. The van der Waals surface area contributed by atoms with E-state index in [1.165, 1.54) is 6.08 Å². The smallest absolute Gasteiger partial charge is 0.408 e. The Morgan fingerprint density at radius 2 is 1.91 bits per heavy atom. The average molecular weight is 336 g/mol. The Morgan fingerprint density at radius 1 is 1.32 bits per heavy atom. The second-order valence-corrected chi connectivity index (χ2v) is 7.39. The second-order valence-electron chi connectivity index (χ2n) is 5.47. The summed E-state index contributed by atoms with van der Waals surface area (Å²) in [4.78, 5) is 23.3. The highest BCUT2D eigenvalue weighted by Crippen LogP contribution is 2.07. The van der Waals surface area contributed by atoms with Crippen molar-refractivity contribution in [3.8, 4) is 0 Å². The molecule has 128 valence electrons. The van der Waals surface area contributed by atoms with Crippen LogP contribution in [0.25, 0.3) is 0 Å². The SMILES string of the molecule is C=CCCS(=O)(=O)NCC(NC(=O)OC(C)(C)C)C(=O)OC. The first kappa shape index (κ1) is 20.4. The number of methoxy groups -OCH3 is 1. The number of alkyl carbamates (subject to hydrolysis) is 1. The fourth-order valence-corrected chi connectivity index (χ4v) is 2.35. The highest BCUT2D eigenvalue weighted by molar-refractivity contribution is 7.89. The largest absolute Gasteiger partial charge is 0.467 e. The quantitative estimate of drug-likeness (QED) is 0.494. The number of nitrogens with one attached hydrogen (secondary N) is 2. The Morgan fingerprint density at radius 3 is 2.36 bits per heavy atom. The van der Waals surface area contributed by atoms with Crippen molar-refractivity contribution in [3.63, 3.8) is 0 Å². The third-order valence-corrected chi connectivity index (χ3v) is 3.65. The summed E-state index contributed by atoms with van der Waals surface area (Å²) in [5.74, 6) is -0.936. The van der Waals surface area contributed by atoms with Gasteiger partial charge in [0.05, 0.1) is 12.9 Å². The van der Waals surface area contributed by atoms with Gasteiger partial charge < -0.3 is 14.8 Å². The van der Waals surface area contributed by atoms with Gasteiger partial charge in [-0.05, 0) is 27.2 Å². The number of allylic oxidation sites excluding steroid dienone is 1. The molecule has 9 heteroatoms. The molecule has 0 aromatic heterocycles. The number of hydrogen-bond donors (Lipinski definition) is 2. The van der Waals surface area contributed by atoms with Crippen LogP contribution < -0.4 is 10.0 Å². The van der Waals surface area contributed by atoms with E-state index >= 15 is 0 Å². The molecule has 1 atom stereocenters.